The maximum Gasteiger partial charge on any atom is 0.265 e. The van der Waals surface area contributed by atoms with E-state index in [1.165, 1.54) is 18.4 Å². The predicted octanol–water partition coefficient (Wildman–Crippen LogP) is 2.73. The summed E-state index contributed by atoms with van der Waals surface area (Å²) >= 11 is 0. The van der Waals surface area contributed by atoms with Gasteiger partial charge in [-0.25, -0.2) is 4.39 Å². The number of carbonyl (C=O) groups excluding carboxylic acids is 1. The smallest absolute Gasteiger partial charge is 0.265 e. The lowest BCUT2D eigenvalue weighted by atomic mass is 10.2. The van der Waals surface area contributed by atoms with Crippen LogP contribution < -0.4 is 4.90 Å². The van der Waals surface area contributed by atoms with Gasteiger partial charge in [0.2, 0.25) is 0 Å². The summed E-state index contributed by atoms with van der Waals surface area (Å²) in [6.07, 6.45) is 1.22. The van der Waals surface area contributed by atoms with E-state index >= 15 is 0 Å². The number of nitrogens with zero attached hydrogens (tertiary/aromatic N) is 1. The van der Waals surface area contributed by atoms with Crippen LogP contribution in [0, 0.1) is 5.82 Å². The number of hydrogen-bond donors (Lipinski definition) is 0. The molecule has 0 saturated carbocycles. The molecule has 0 heterocycles. The van der Waals surface area contributed by atoms with Crippen molar-refractivity contribution in [3.8, 4) is 0 Å². The second-order valence-corrected chi connectivity index (χ2v) is 3.81. The van der Waals surface area contributed by atoms with Crippen molar-refractivity contribution >= 4 is 11.6 Å². The molecule has 4 heteroatoms. The van der Waals surface area contributed by atoms with E-state index in [0.29, 0.717) is 5.69 Å². The Labute approximate surface area is 100 Å². The molecule has 1 aromatic rings. The molecule has 1 aromatic carbocycles. The van der Waals surface area contributed by atoms with Gasteiger partial charge in [-0.15, -0.1) is 0 Å². The van der Waals surface area contributed by atoms with Crippen molar-refractivity contribution in [2.75, 3.05) is 11.5 Å². The van der Waals surface area contributed by atoms with Gasteiger partial charge >= 0.3 is 0 Å². The third-order valence-corrected chi connectivity index (χ3v) is 2.21. The summed E-state index contributed by atoms with van der Waals surface area (Å²) in [4.78, 5) is 13.4. The van der Waals surface area contributed by atoms with Gasteiger partial charge in [0, 0.05) is 11.7 Å². The fourth-order valence-electron chi connectivity index (χ4n) is 1.53. The molecule has 17 heavy (non-hydrogen) atoms. The van der Waals surface area contributed by atoms with Crippen LogP contribution in [-0.2, 0) is 9.53 Å². The van der Waals surface area contributed by atoms with Crippen molar-refractivity contribution in [2.45, 2.75) is 19.9 Å². The largest absolute Gasteiger partial charge is 0.492 e. The highest BCUT2D eigenvalue weighted by atomic mass is 19.1. The molecule has 1 amide bonds. The van der Waals surface area contributed by atoms with E-state index in [2.05, 4.69) is 6.58 Å². The van der Waals surface area contributed by atoms with Gasteiger partial charge < -0.3 is 9.64 Å². The summed E-state index contributed by atoms with van der Waals surface area (Å²) < 4.78 is 17.7. The lowest BCUT2D eigenvalue weighted by molar-refractivity contribution is -0.121. The standard InChI is InChI=1S/C13H16FNO2/c1-4-17-9-13(16)15(10(2)3)12-7-5-11(14)6-8-12/h4-8,10H,1,9H2,2-3H3. The highest BCUT2D eigenvalue weighted by Gasteiger charge is 2.18. The van der Waals surface area contributed by atoms with E-state index in [1.54, 1.807) is 17.0 Å². The molecule has 0 unspecified atom stereocenters. The quantitative estimate of drug-likeness (QED) is 0.737. The van der Waals surface area contributed by atoms with E-state index in [4.69, 9.17) is 4.74 Å². The molecule has 0 bridgehead atoms. The first kappa shape index (κ1) is 13.2. The topological polar surface area (TPSA) is 29.5 Å². The lowest BCUT2D eigenvalue weighted by Crippen LogP contribution is -2.39. The fraction of sp³-hybridized carbons (Fsp3) is 0.308. The van der Waals surface area contributed by atoms with Crippen LogP contribution in [0.2, 0.25) is 0 Å². The maximum absolute atomic E-state index is 12.8. The second kappa shape index (κ2) is 6.03. The summed E-state index contributed by atoms with van der Waals surface area (Å²) in [5, 5.41) is 0. The van der Waals surface area contributed by atoms with Gasteiger partial charge in [-0.3, -0.25) is 4.79 Å². The average Bonchev–Trinajstić information content (AvgIpc) is 2.29. The van der Waals surface area contributed by atoms with Crippen LogP contribution in [0.5, 0.6) is 0 Å². The van der Waals surface area contributed by atoms with Crippen LogP contribution in [0.25, 0.3) is 0 Å². The zero-order valence-electron chi connectivity index (χ0n) is 10.0. The van der Waals surface area contributed by atoms with Crippen LogP contribution in [0.15, 0.2) is 37.1 Å². The number of rotatable bonds is 5. The van der Waals surface area contributed by atoms with Crippen molar-refractivity contribution in [2.24, 2.45) is 0 Å². The first-order chi connectivity index (χ1) is 8.06. The molecular weight excluding hydrogens is 221 g/mol. The number of benzene rings is 1. The van der Waals surface area contributed by atoms with E-state index in [9.17, 15) is 9.18 Å². The Hall–Kier alpha value is -1.84. The Morgan fingerprint density at radius 2 is 2.06 bits per heavy atom. The summed E-state index contributed by atoms with van der Waals surface area (Å²) in [5.74, 6) is -0.515. The molecule has 3 nitrogen and oxygen atoms in total. The third kappa shape index (κ3) is 3.59. The minimum absolute atomic E-state index is 0.0265. The molecule has 0 atom stereocenters. The number of ether oxygens (including phenoxy) is 1. The molecule has 0 saturated heterocycles. The second-order valence-electron chi connectivity index (χ2n) is 3.81. The SMILES string of the molecule is C=COCC(=O)N(c1ccc(F)cc1)C(C)C. The number of halogens is 1. The normalized spacial score (nSPS) is 10.1. The summed E-state index contributed by atoms with van der Waals surface area (Å²) in [6, 6.07) is 5.77. The van der Waals surface area contributed by atoms with Gasteiger partial charge in [0.15, 0.2) is 6.61 Å². The zero-order chi connectivity index (χ0) is 12.8. The monoisotopic (exact) mass is 237 g/mol. The first-order valence-electron chi connectivity index (χ1n) is 5.36. The molecule has 0 aliphatic carbocycles. The molecule has 1 rings (SSSR count). The minimum atomic E-state index is -0.327. The molecule has 0 spiro atoms. The maximum atomic E-state index is 12.8. The molecular formula is C13H16FNO2. The van der Waals surface area contributed by atoms with Gasteiger partial charge in [0.25, 0.3) is 5.91 Å². The van der Waals surface area contributed by atoms with Crippen molar-refractivity contribution in [3.05, 3.63) is 42.9 Å². The van der Waals surface area contributed by atoms with Crippen LogP contribution in [-0.4, -0.2) is 18.6 Å². The highest BCUT2D eigenvalue weighted by Crippen LogP contribution is 2.17. The summed E-state index contributed by atoms with van der Waals surface area (Å²) in [5.41, 5.74) is 0.652. The van der Waals surface area contributed by atoms with E-state index in [-0.39, 0.29) is 24.4 Å². The van der Waals surface area contributed by atoms with Crippen LogP contribution in [0.1, 0.15) is 13.8 Å². The summed E-state index contributed by atoms with van der Waals surface area (Å²) in [6.45, 7) is 7.08. The van der Waals surface area contributed by atoms with Crippen molar-refractivity contribution in [1.82, 2.24) is 0 Å². The number of amides is 1. The molecule has 0 aliphatic heterocycles. The summed E-state index contributed by atoms with van der Waals surface area (Å²) in [7, 11) is 0. The highest BCUT2D eigenvalue weighted by molar-refractivity contribution is 5.94. The van der Waals surface area contributed by atoms with Gasteiger partial charge in [0.05, 0.1) is 6.26 Å². The van der Waals surface area contributed by atoms with Gasteiger partial charge in [-0.1, -0.05) is 6.58 Å². The Bertz CT molecular complexity index is 387. The van der Waals surface area contributed by atoms with E-state index in [1.807, 2.05) is 13.8 Å². The van der Waals surface area contributed by atoms with Crippen molar-refractivity contribution < 1.29 is 13.9 Å². The zero-order valence-corrected chi connectivity index (χ0v) is 10.0. The third-order valence-electron chi connectivity index (χ3n) is 2.21. The molecule has 0 radical (unpaired) electrons. The molecule has 92 valence electrons. The first-order valence-corrected chi connectivity index (χ1v) is 5.36. The van der Waals surface area contributed by atoms with Crippen molar-refractivity contribution in [3.63, 3.8) is 0 Å². The van der Waals surface area contributed by atoms with Gasteiger partial charge in [-0.05, 0) is 38.1 Å². The van der Waals surface area contributed by atoms with Gasteiger partial charge in [0.1, 0.15) is 5.82 Å². The van der Waals surface area contributed by atoms with Crippen LogP contribution in [0.4, 0.5) is 10.1 Å². The van der Waals surface area contributed by atoms with E-state index in [0.717, 1.165) is 0 Å². The lowest BCUT2D eigenvalue weighted by Gasteiger charge is -2.26. The Morgan fingerprint density at radius 3 is 2.53 bits per heavy atom. The number of carbonyl (C=O) groups is 1. The Balaban J connectivity index is 2.89. The number of anilines is 1. The molecule has 0 N–H and O–H groups in total. The van der Waals surface area contributed by atoms with Crippen LogP contribution in [0.3, 0.4) is 0 Å². The average molecular weight is 237 g/mol. The Morgan fingerprint density at radius 1 is 1.47 bits per heavy atom. The van der Waals surface area contributed by atoms with Crippen molar-refractivity contribution in [1.29, 1.82) is 0 Å². The number of hydrogen-bond acceptors (Lipinski definition) is 2. The van der Waals surface area contributed by atoms with E-state index < -0.39 is 0 Å². The molecule has 0 fully saturated rings. The molecule has 0 aromatic heterocycles. The minimum Gasteiger partial charge on any atom is -0.492 e. The fourth-order valence-corrected chi connectivity index (χ4v) is 1.53. The van der Waals surface area contributed by atoms with Gasteiger partial charge in [-0.2, -0.15) is 0 Å². The Kier molecular flexibility index (Phi) is 4.69. The van der Waals surface area contributed by atoms with Crippen LogP contribution >= 0.6 is 0 Å². The molecule has 0 aliphatic rings. The predicted molar refractivity (Wildman–Crippen MR) is 65.2 cm³/mol.